The molecule has 28 heavy (non-hydrogen) atoms. The number of amides is 2. The fourth-order valence-corrected chi connectivity index (χ4v) is 3.37. The topological polar surface area (TPSA) is 112 Å². The van der Waals surface area contributed by atoms with Gasteiger partial charge in [-0.1, -0.05) is 12.1 Å². The highest BCUT2D eigenvalue weighted by molar-refractivity contribution is 5.94. The number of benzene rings is 1. The second-order valence-corrected chi connectivity index (χ2v) is 6.92. The number of piperidine rings is 1. The van der Waals surface area contributed by atoms with Crippen LogP contribution in [0.4, 0.5) is 0 Å². The van der Waals surface area contributed by atoms with Gasteiger partial charge in [0.25, 0.3) is 5.91 Å². The molecule has 0 radical (unpaired) electrons. The van der Waals surface area contributed by atoms with Gasteiger partial charge in [0.15, 0.2) is 0 Å². The van der Waals surface area contributed by atoms with Crippen molar-refractivity contribution < 1.29 is 9.59 Å². The first-order valence-electron chi connectivity index (χ1n) is 9.33. The molecule has 7 heteroatoms. The molecule has 0 bridgehead atoms. The third-order valence-electron chi connectivity index (χ3n) is 4.98. The van der Waals surface area contributed by atoms with Crippen LogP contribution in [0, 0.1) is 17.2 Å². The summed E-state index contributed by atoms with van der Waals surface area (Å²) in [5.41, 5.74) is 8.17. The lowest BCUT2D eigenvalue weighted by molar-refractivity contribution is -0.123. The van der Waals surface area contributed by atoms with Crippen molar-refractivity contribution in [2.24, 2.45) is 11.7 Å². The number of nitrogens with two attached hydrogens (primary N) is 1. The van der Waals surface area contributed by atoms with Crippen LogP contribution in [0.15, 0.2) is 42.6 Å². The minimum Gasteiger partial charge on any atom is -0.369 e. The number of carbonyl (C=O) groups excluding carboxylic acids is 2. The number of primary amides is 1. The van der Waals surface area contributed by atoms with Crippen LogP contribution in [0.5, 0.6) is 0 Å². The minimum atomic E-state index is -0.244. The molecular weight excluding hydrogens is 354 g/mol. The zero-order valence-corrected chi connectivity index (χ0v) is 15.6. The molecule has 1 aromatic heterocycles. The second-order valence-electron chi connectivity index (χ2n) is 6.92. The molecule has 2 aromatic rings. The monoisotopic (exact) mass is 377 g/mol. The predicted octanol–water partition coefficient (Wildman–Crippen LogP) is 1.55. The summed E-state index contributed by atoms with van der Waals surface area (Å²) in [6.45, 7) is 2.81. The molecule has 144 valence electrons. The zero-order valence-electron chi connectivity index (χ0n) is 15.6. The Hall–Kier alpha value is -3.24. The SMILES string of the molecule is N#Cc1ccc(-c2ccc(C(=O)NCCN3CCC[C@@H](C(N)=O)C3)cc2)cn1. The van der Waals surface area contributed by atoms with Gasteiger partial charge in [-0.25, -0.2) is 4.98 Å². The second kappa shape index (κ2) is 9.11. The molecule has 0 aliphatic carbocycles. The van der Waals surface area contributed by atoms with E-state index in [-0.39, 0.29) is 17.7 Å². The van der Waals surface area contributed by atoms with E-state index in [1.807, 2.05) is 24.3 Å². The van der Waals surface area contributed by atoms with Crippen LogP contribution in [0.2, 0.25) is 0 Å². The van der Waals surface area contributed by atoms with Crippen LogP contribution >= 0.6 is 0 Å². The maximum absolute atomic E-state index is 12.3. The lowest BCUT2D eigenvalue weighted by atomic mass is 9.97. The van der Waals surface area contributed by atoms with E-state index in [1.54, 1.807) is 24.4 Å². The van der Waals surface area contributed by atoms with Gasteiger partial charge in [-0.2, -0.15) is 5.26 Å². The van der Waals surface area contributed by atoms with Crippen molar-refractivity contribution in [3.63, 3.8) is 0 Å². The van der Waals surface area contributed by atoms with Crippen LogP contribution in [0.3, 0.4) is 0 Å². The summed E-state index contributed by atoms with van der Waals surface area (Å²) in [5, 5.41) is 11.7. The van der Waals surface area contributed by atoms with Gasteiger partial charge in [-0.05, 0) is 49.2 Å². The summed E-state index contributed by atoms with van der Waals surface area (Å²) in [7, 11) is 0. The van der Waals surface area contributed by atoms with Crippen molar-refractivity contribution in [2.75, 3.05) is 26.2 Å². The average molecular weight is 377 g/mol. The first-order chi connectivity index (χ1) is 13.6. The molecule has 1 saturated heterocycles. The molecule has 0 unspecified atom stereocenters. The first kappa shape index (κ1) is 19.5. The standard InChI is InChI=1S/C21H23N5O2/c22-12-19-8-7-17(13-25-19)15-3-5-16(6-4-15)21(28)24-9-11-26-10-1-2-18(14-26)20(23)27/h3-8,13,18H,1-2,9-11,14H2,(H2,23,27)(H,24,28)/t18-/m1/s1. The summed E-state index contributed by atoms with van der Waals surface area (Å²) in [6, 6.07) is 12.8. The highest BCUT2D eigenvalue weighted by Crippen LogP contribution is 2.19. The van der Waals surface area contributed by atoms with E-state index in [9.17, 15) is 9.59 Å². The van der Waals surface area contributed by atoms with E-state index in [1.165, 1.54) is 0 Å². The lowest BCUT2D eigenvalue weighted by Crippen LogP contribution is -2.44. The molecule has 2 heterocycles. The van der Waals surface area contributed by atoms with Crippen molar-refractivity contribution in [2.45, 2.75) is 12.8 Å². The van der Waals surface area contributed by atoms with Gasteiger partial charge in [-0.15, -0.1) is 0 Å². The Bertz CT molecular complexity index is 871. The number of carbonyl (C=O) groups is 2. The summed E-state index contributed by atoms with van der Waals surface area (Å²) in [5.74, 6) is -0.465. The van der Waals surface area contributed by atoms with Crippen molar-refractivity contribution in [1.82, 2.24) is 15.2 Å². The quantitative estimate of drug-likeness (QED) is 0.793. The molecule has 1 aromatic carbocycles. The molecule has 1 fully saturated rings. The van der Waals surface area contributed by atoms with E-state index < -0.39 is 0 Å². The number of nitrogens with zero attached hydrogens (tertiary/aromatic N) is 3. The number of rotatable bonds is 6. The molecule has 0 saturated carbocycles. The normalized spacial score (nSPS) is 16.9. The molecule has 1 aliphatic rings. The molecule has 3 rings (SSSR count). The summed E-state index contributed by atoms with van der Waals surface area (Å²) < 4.78 is 0. The maximum atomic E-state index is 12.3. The van der Waals surface area contributed by atoms with E-state index in [0.29, 0.717) is 30.9 Å². The van der Waals surface area contributed by atoms with Crippen LogP contribution < -0.4 is 11.1 Å². The fraction of sp³-hybridized carbons (Fsp3) is 0.333. The van der Waals surface area contributed by atoms with E-state index in [0.717, 1.165) is 30.5 Å². The summed E-state index contributed by atoms with van der Waals surface area (Å²) in [6.07, 6.45) is 3.44. The molecule has 0 spiro atoms. The third-order valence-corrected chi connectivity index (χ3v) is 4.98. The van der Waals surface area contributed by atoms with Crippen molar-refractivity contribution in [1.29, 1.82) is 5.26 Å². The fourth-order valence-electron chi connectivity index (χ4n) is 3.37. The van der Waals surface area contributed by atoms with Gasteiger partial charge in [0.05, 0.1) is 5.92 Å². The van der Waals surface area contributed by atoms with Crippen LogP contribution in [0.1, 0.15) is 28.9 Å². The average Bonchev–Trinajstić information content (AvgIpc) is 2.74. The van der Waals surface area contributed by atoms with Gasteiger partial charge in [0, 0.05) is 37.0 Å². The maximum Gasteiger partial charge on any atom is 0.251 e. The number of hydrogen-bond acceptors (Lipinski definition) is 5. The molecule has 1 atom stereocenters. The van der Waals surface area contributed by atoms with E-state index in [2.05, 4.69) is 15.2 Å². The Kier molecular flexibility index (Phi) is 6.35. The highest BCUT2D eigenvalue weighted by Gasteiger charge is 2.23. The number of nitrogens with one attached hydrogen (secondary N) is 1. The van der Waals surface area contributed by atoms with E-state index >= 15 is 0 Å². The van der Waals surface area contributed by atoms with Gasteiger partial charge in [0.1, 0.15) is 11.8 Å². The molecule has 1 aliphatic heterocycles. The van der Waals surface area contributed by atoms with Crippen molar-refractivity contribution in [3.05, 3.63) is 53.9 Å². The number of hydrogen-bond donors (Lipinski definition) is 2. The first-order valence-corrected chi connectivity index (χ1v) is 9.33. The van der Waals surface area contributed by atoms with Crippen LogP contribution in [0.25, 0.3) is 11.1 Å². The third kappa shape index (κ3) is 4.93. The van der Waals surface area contributed by atoms with Crippen LogP contribution in [-0.4, -0.2) is 47.9 Å². The number of likely N-dealkylation sites (tertiary alicyclic amines) is 1. The molecule has 2 amide bonds. The van der Waals surface area contributed by atoms with Gasteiger partial charge in [0.2, 0.25) is 5.91 Å². The Morgan fingerprint density at radius 3 is 2.61 bits per heavy atom. The Balaban J connectivity index is 1.50. The number of nitriles is 1. The Morgan fingerprint density at radius 1 is 1.21 bits per heavy atom. The van der Waals surface area contributed by atoms with Crippen LogP contribution in [-0.2, 0) is 4.79 Å². The Labute approximate surface area is 164 Å². The number of aromatic nitrogens is 1. The summed E-state index contributed by atoms with van der Waals surface area (Å²) in [4.78, 5) is 29.9. The molecule has 7 nitrogen and oxygen atoms in total. The predicted molar refractivity (Wildman–Crippen MR) is 105 cm³/mol. The molecular formula is C21H23N5O2. The zero-order chi connectivity index (χ0) is 19.9. The van der Waals surface area contributed by atoms with Gasteiger partial charge >= 0.3 is 0 Å². The lowest BCUT2D eigenvalue weighted by Gasteiger charge is -2.31. The highest BCUT2D eigenvalue weighted by atomic mass is 16.2. The largest absolute Gasteiger partial charge is 0.369 e. The number of pyridine rings is 1. The van der Waals surface area contributed by atoms with Gasteiger partial charge in [-0.3, -0.25) is 9.59 Å². The van der Waals surface area contributed by atoms with E-state index in [4.69, 9.17) is 11.0 Å². The Morgan fingerprint density at radius 2 is 1.96 bits per heavy atom. The molecule has 3 N–H and O–H groups in total. The smallest absolute Gasteiger partial charge is 0.251 e. The summed E-state index contributed by atoms with van der Waals surface area (Å²) >= 11 is 0. The minimum absolute atomic E-state index is 0.0892. The van der Waals surface area contributed by atoms with Crippen molar-refractivity contribution in [3.8, 4) is 17.2 Å². The van der Waals surface area contributed by atoms with Gasteiger partial charge < -0.3 is 16.0 Å². The van der Waals surface area contributed by atoms with Crippen molar-refractivity contribution >= 4 is 11.8 Å².